The largest absolute Gasteiger partial charge is 2.00 e. The predicted octanol–water partition coefficient (Wildman–Crippen LogP) is 10.8. The SMILES string of the molecule is CC#N.CC#N.C[C@H]1[C@H]([B-](n2cccn2)(n2cccn2)n2cccn2)C[C@@H]2C[C@H]1C2(C)C.Cc1ccc(C(C)C)cc1.F[P-](F)(F)(F)(F)F.[Ru+2]. The summed E-state index contributed by atoms with van der Waals surface area (Å²) < 4.78 is 65.5. The van der Waals surface area contributed by atoms with Crippen LogP contribution < -0.4 is 0 Å². The molecule has 276 valence electrons. The molecule has 8 nitrogen and oxygen atoms in total. The second-order valence-corrected chi connectivity index (χ2v) is 15.3. The van der Waals surface area contributed by atoms with Gasteiger partial charge in [-0.3, -0.25) is 0 Å². The Hall–Kier alpha value is -3.47. The first kappa shape index (κ1) is 44.5. The van der Waals surface area contributed by atoms with Crippen LogP contribution in [-0.2, 0) is 19.5 Å². The number of nitrogens with zero attached hydrogens (tertiary/aromatic N) is 8. The van der Waals surface area contributed by atoms with Crippen molar-refractivity contribution in [1.29, 1.82) is 10.5 Å². The Morgan fingerprint density at radius 1 is 0.800 bits per heavy atom. The molecule has 0 aliphatic heterocycles. The van der Waals surface area contributed by atoms with Gasteiger partial charge in [0.1, 0.15) is 0 Å². The molecule has 4 atom stereocenters. The van der Waals surface area contributed by atoms with E-state index in [1.807, 2.05) is 36.8 Å². The Balaban J connectivity index is 0.000000431. The molecule has 3 aliphatic carbocycles. The topological polar surface area (TPSA) is 101 Å². The number of halogens is 6. The van der Waals surface area contributed by atoms with Crippen molar-refractivity contribution in [3.05, 3.63) is 90.8 Å². The molecule has 0 N–H and O–H groups in total. The Morgan fingerprint density at radius 3 is 1.42 bits per heavy atom. The zero-order chi connectivity index (χ0) is 37.3. The van der Waals surface area contributed by atoms with Crippen LogP contribution in [0.3, 0.4) is 0 Å². The first-order valence-electron chi connectivity index (χ1n) is 15.9. The molecule has 0 amide bonds. The quantitative estimate of drug-likeness (QED) is 0.113. The molecule has 0 radical (unpaired) electrons. The Bertz CT molecular complexity index is 1540. The molecule has 0 spiro atoms. The van der Waals surface area contributed by atoms with E-state index in [2.05, 4.69) is 98.2 Å². The minimum absolute atomic E-state index is 0. The summed E-state index contributed by atoms with van der Waals surface area (Å²) in [5, 5.41) is 28.8. The van der Waals surface area contributed by atoms with Crippen LogP contribution in [0.4, 0.5) is 25.2 Å². The van der Waals surface area contributed by atoms with Gasteiger partial charge in [-0.25, -0.2) is 15.3 Å². The fraction of sp³-hybridized carbons (Fsp3) is 0.485. The average Bonchev–Trinajstić information content (AvgIpc) is 3.79. The number of aryl methyl sites for hydroxylation is 1. The van der Waals surface area contributed by atoms with E-state index in [9.17, 15) is 25.2 Å². The van der Waals surface area contributed by atoms with Crippen LogP contribution in [0.5, 0.6) is 0 Å². The first-order valence-corrected chi connectivity index (χ1v) is 18.0. The van der Waals surface area contributed by atoms with E-state index in [0.717, 1.165) is 11.8 Å². The fourth-order valence-corrected chi connectivity index (χ4v) is 7.20. The molecule has 3 aromatic heterocycles. The van der Waals surface area contributed by atoms with E-state index in [1.54, 1.807) is 12.1 Å². The molecule has 0 unspecified atom stereocenters. The Kier molecular flexibility index (Phi) is 14.9. The minimum Gasteiger partial charge on any atom is 2.00 e. The van der Waals surface area contributed by atoms with Crippen molar-refractivity contribution in [2.45, 2.75) is 80.0 Å². The normalized spacial score (nSPS) is 21.3. The number of hydrogen-bond acceptors (Lipinski definition) is 5. The van der Waals surface area contributed by atoms with Crippen LogP contribution in [0, 0.1) is 52.8 Å². The molecule has 3 fully saturated rings. The summed E-state index contributed by atoms with van der Waals surface area (Å²) in [5.74, 6) is 3.16. The monoisotopic (exact) mass is 812 g/mol. The van der Waals surface area contributed by atoms with Crippen molar-refractivity contribution >= 4 is 14.4 Å². The molecule has 17 heteroatoms. The Labute approximate surface area is 303 Å². The van der Waals surface area contributed by atoms with Crippen LogP contribution in [0.25, 0.3) is 0 Å². The summed E-state index contributed by atoms with van der Waals surface area (Å²) in [5.41, 5.74) is 3.20. The van der Waals surface area contributed by atoms with Crippen LogP contribution in [0.2, 0.25) is 5.82 Å². The summed E-state index contributed by atoms with van der Waals surface area (Å²) in [4.78, 5) is 0. The number of hydrogen-bond donors (Lipinski definition) is 0. The molecule has 50 heavy (non-hydrogen) atoms. The zero-order valence-corrected chi connectivity index (χ0v) is 32.2. The maximum atomic E-state index is 9.87. The van der Waals surface area contributed by atoms with E-state index in [4.69, 9.17) is 25.8 Å². The first-order chi connectivity index (χ1) is 22.5. The van der Waals surface area contributed by atoms with Gasteiger partial charge >= 0.3 is 59.0 Å². The van der Waals surface area contributed by atoms with Gasteiger partial charge in [0, 0.05) is 32.4 Å². The molecule has 0 saturated heterocycles. The van der Waals surface area contributed by atoms with Crippen molar-refractivity contribution in [2.75, 3.05) is 0 Å². The molecular weight excluding hydrogens is 765 g/mol. The van der Waals surface area contributed by atoms with Gasteiger partial charge in [0.15, 0.2) is 0 Å². The van der Waals surface area contributed by atoms with E-state index in [-0.39, 0.29) is 19.5 Å². The van der Waals surface area contributed by atoms with Gasteiger partial charge in [-0.1, -0.05) is 82.6 Å². The maximum absolute atomic E-state index is 10.7. The summed E-state index contributed by atoms with van der Waals surface area (Å²) in [6.07, 6.45) is 14.3. The molecule has 4 aromatic rings. The van der Waals surface area contributed by atoms with E-state index in [1.165, 1.54) is 37.8 Å². The van der Waals surface area contributed by atoms with Crippen molar-refractivity contribution in [2.24, 2.45) is 23.2 Å². The van der Waals surface area contributed by atoms with Gasteiger partial charge in [0.05, 0.1) is 12.1 Å². The molecule has 7 rings (SSSR count). The van der Waals surface area contributed by atoms with Crippen LogP contribution in [0.1, 0.15) is 78.4 Å². The Morgan fingerprint density at radius 2 is 1.16 bits per heavy atom. The molecular formula is C33H46BF6N8PRu. The van der Waals surface area contributed by atoms with Crippen molar-refractivity contribution in [1.82, 2.24) is 29.1 Å². The van der Waals surface area contributed by atoms with Gasteiger partial charge in [0.2, 0.25) is 0 Å². The summed E-state index contributed by atoms with van der Waals surface area (Å²) in [7, 11) is -10.7. The predicted molar refractivity (Wildman–Crippen MR) is 183 cm³/mol. The number of benzene rings is 1. The zero-order valence-electron chi connectivity index (χ0n) is 29.5. The number of fused-ring (bicyclic) bond motifs is 2. The second kappa shape index (κ2) is 16.7. The smallest absolute Gasteiger partial charge is 2.00 e. The van der Waals surface area contributed by atoms with Gasteiger partial charge in [-0.05, 0) is 78.9 Å². The second-order valence-electron chi connectivity index (χ2n) is 13.3. The van der Waals surface area contributed by atoms with Crippen LogP contribution in [0.15, 0.2) is 79.6 Å². The third-order valence-electron chi connectivity index (χ3n) is 9.47. The van der Waals surface area contributed by atoms with Crippen LogP contribution >= 0.6 is 7.81 Å². The van der Waals surface area contributed by atoms with E-state index in [0.29, 0.717) is 23.1 Å². The molecule has 1 aromatic carbocycles. The fourth-order valence-electron chi connectivity index (χ4n) is 7.20. The van der Waals surface area contributed by atoms with Gasteiger partial charge < -0.3 is 13.8 Å². The summed E-state index contributed by atoms with van der Waals surface area (Å²) in [6.45, 7) is 15.2. The van der Waals surface area contributed by atoms with Gasteiger partial charge in [-0.2, -0.15) is 10.5 Å². The molecule has 2 bridgehead atoms. The number of aromatic nitrogens is 6. The third-order valence-corrected chi connectivity index (χ3v) is 9.47. The van der Waals surface area contributed by atoms with Crippen molar-refractivity contribution in [3.63, 3.8) is 0 Å². The maximum Gasteiger partial charge on any atom is 2.00 e. The van der Waals surface area contributed by atoms with E-state index >= 15 is 0 Å². The van der Waals surface area contributed by atoms with Gasteiger partial charge in [-0.15, -0.1) is 0 Å². The third kappa shape index (κ3) is 12.1. The summed E-state index contributed by atoms with van der Waals surface area (Å²) in [6, 6.07) is 18.2. The standard InChI is InChI=1S/C19H26BN6.C10H14.2C2H3N.F6P.Ru/c1-15-17-13-16(19(17,2)3)14-18(15)20(24-10-4-7-21-24,25-11-5-8-22-25)26-12-6-9-23-26;1-8(2)10-6-4-9(3)5-7-10;2*1-2-3;1-7(2,3,4,5)6;/h4-12,15-18H,13-14H2,1-3H3;4-8H,1-3H3;2*1H3;;/q-1;;;;-1;+2/t15-,16+,17-,18-;;;;;/m1...../s1. The number of rotatable bonds is 5. The molecule has 3 aliphatic rings. The van der Waals surface area contributed by atoms with Gasteiger partial charge in [0.25, 0.3) is 0 Å². The van der Waals surface area contributed by atoms with Crippen LogP contribution in [-0.4, -0.2) is 35.6 Å². The van der Waals surface area contributed by atoms with Crippen molar-refractivity contribution in [3.8, 4) is 12.1 Å². The molecule has 3 heterocycles. The minimum atomic E-state index is -10.7. The van der Waals surface area contributed by atoms with E-state index < -0.39 is 14.4 Å². The molecule has 3 saturated carbocycles. The summed E-state index contributed by atoms with van der Waals surface area (Å²) >= 11 is 0. The average molecular weight is 812 g/mol. The number of nitriles is 2. The van der Waals surface area contributed by atoms with Crippen molar-refractivity contribution < 1.29 is 44.7 Å².